The Morgan fingerprint density at radius 3 is 2.40 bits per heavy atom. The van der Waals surface area contributed by atoms with Crippen LogP contribution in [0.25, 0.3) is 28.0 Å². The number of methoxy groups -OCH3 is 1. The third-order valence-electron chi connectivity index (χ3n) is 8.27. The van der Waals surface area contributed by atoms with E-state index in [1.807, 2.05) is 29.7 Å². The third-order valence-corrected chi connectivity index (χ3v) is 8.27. The van der Waals surface area contributed by atoms with Gasteiger partial charge in [0.1, 0.15) is 17.4 Å². The van der Waals surface area contributed by atoms with Gasteiger partial charge in [-0.25, -0.2) is 15.0 Å². The van der Waals surface area contributed by atoms with E-state index in [1.54, 1.807) is 7.11 Å². The maximum Gasteiger partial charge on any atom is 0.238 e. The summed E-state index contributed by atoms with van der Waals surface area (Å²) in [6.45, 7) is 11.6. The molecule has 1 aromatic carbocycles. The Bertz CT molecular complexity index is 1490. The van der Waals surface area contributed by atoms with E-state index in [9.17, 15) is 0 Å². The molecule has 3 aliphatic heterocycles. The molecule has 0 radical (unpaired) electrons. The average Bonchev–Trinajstić information content (AvgIpc) is 3.38. The highest BCUT2D eigenvalue weighted by molar-refractivity contribution is 5.87. The fourth-order valence-corrected chi connectivity index (χ4v) is 5.92. The van der Waals surface area contributed by atoms with E-state index in [0.29, 0.717) is 25.2 Å². The van der Waals surface area contributed by atoms with Crippen molar-refractivity contribution in [1.29, 1.82) is 0 Å². The van der Waals surface area contributed by atoms with Crippen molar-refractivity contribution in [2.24, 2.45) is 0 Å². The Balaban J connectivity index is 1.25. The number of benzene rings is 1. The number of para-hydroxylation sites is 2. The molecule has 0 saturated carbocycles. The Morgan fingerprint density at radius 1 is 0.875 bits per heavy atom. The molecule has 0 amide bonds. The first kappa shape index (κ1) is 25.7. The lowest BCUT2D eigenvalue weighted by molar-refractivity contribution is -0.0347. The zero-order valence-electron chi connectivity index (χ0n) is 23.2. The van der Waals surface area contributed by atoms with Gasteiger partial charge in [-0.2, -0.15) is 4.98 Å². The van der Waals surface area contributed by atoms with Gasteiger partial charge in [-0.05, 0) is 31.2 Å². The number of pyridine rings is 1. The minimum absolute atomic E-state index is 0.225. The van der Waals surface area contributed by atoms with Crippen LogP contribution in [0.1, 0.15) is 24.5 Å². The average molecular weight is 545 g/mol. The van der Waals surface area contributed by atoms with E-state index >= 15 is 0 Å². The van der Waals surface area contributed by atoms with Crippen LogP contribution in [-0.2, 0) is 20.8 Å². The highest BCUT2D eigenvalue weighted by Crippen LogP contribution is 2.30. The maximum absolute atomic E-state index is 5.68. The second kappa shape index (κ2) is 11.0. The van der Waals surface area contributed by atoms with Crippen molar-refractivity contribution in [3.05, 3.63) is 47.9 Å². The molecule has 3 aromatic heterocycles. The molecule has 0 aliphatic carbocycles. The van der Waals surface area contributed by atoms with Crippen molar-refractivity contribution in [2.45, 2.75) is 25.6 Å². The summed E-state index contributed by atoms with van der Waals surface area (Å²) in [6, 6.07) is 12.9. The number of nitrogens with zero attached hydrogens (tertiary/aromatic N) is 8. The summed E-state index contributed by atoms with van der Waals surface area (Å²) < 4.78 is 18.9. The molecule has 11 nitrogen and oxygen atoms in total. The minimum atomic E-state index is -0.225. The molecule has 0 bridgehead atoms. The number of aromatic nitrogens is 5. The molecule has 0 N–H and O–H groups in total. The smallest absolute Gasteiger partial charge is 0.238 e. The largest absolute Gasteiger partial charge is 0.379 e. The van der Waals surface area contributed by atoms with Gasteiger partial charge < -0.3 is 19.1 Å². The number of anilines is 1. The summed E-state index contributed by atoms with van der Waals surface area (Å²) in [6.07, 6.45) is -0.225. The molecular formula is C29H36N8O3. The van der Waals surface area contributed by atoms with Crippen molar-refractivity contribution in [3.8, 4) is 5.95 Å². The Kier molecular flexibility index (Phi) is 7.06. The first-order valence-electron chi connectivity index (χ1n) is 14.2. The lowest BCUT2D eigenvalue weighted by Gasteiger charge is -2.46. The van der Waals surface area contributed by atoms with Crippen LogP contribution in [0, 0.1) is 0 Å². The summed E-state index contributed by atoms with van der Waals surface area (Å²) in [5.41, 5.74) is 4.53. The summed E-state index contributed by atoms with van der Waals surface area (Å²) in [4.78, 5) is 27.5. The van der Waals surface area contributed by atoms with Gasteiger partial charge in [0.25, 0.3) is 0 Å². The summed E-state index contributed by atoms with van der Waals surface area (Å²) in [5, 5.41) is 0. The van der Waals surface area contributed by atoms with Crippen LogP contribution < -0.4 is 4.90 Å². The zero-order chi connectivity index (χ0) is 27.1. The third kappa shape index (κ3) is 4.82. The molecule has 4 aromatic rings. The van der Waals surface area contributed by atoms with Crippen LogP contribution in [0.3, 0.4) is 0 Å². The number of fused-ring (bicyclic) bond motifs is 2. The molecule has 11 heteroatoms. The predicted octanol–water partition coefficient (Wildman–Crippen LogP) is 2.42. The number of likely N-dealkylation sites (tertiary alicyclic amines) is 1. The van der Waals surface area contributed by atoms with Gasteiger partial charge in [0.2, 0.25) is 5.95 Å². The SMILES string of the molecule is CO[C@@H](C)c1nc2ccccc2n1-c1nc(N2CCOCC2)c2nc(CN3CC(N4CCOCC4)C3)ccc2n1. The lowest BCUT2D eigenvalue weighted by atomic mass is 10.1. The van der Waals surface area contributed by atoms with Crippen LogP contribution in [0.2, 0.25) is 0 Å². The molecule has 3 aliphatic rings. The molecule has 210 valence electrons. The molecule has 0 unspecified atom stereocenters. The summed E-state index contributed by atoms with van der Waals surface area (Å²) >= 11 is 0. The molecule has 7 rings (SSSR count). The Labute approximate surface area is 233 Å². The van der Waals surface area contributed by atoms with Crippen LogP contribution in [0.5, 0.6) is 0 Å². The Hall–Kier alpha value is -3.22. The Morgan fingerprint density at radius 2 is 1.62 bits per heavy atom. The molecule has 1 atom stereocenters. The lowest BCUT2D eigenvalue weighted by Crippen LogP contribution is -2.60. The van der Waals surface area contributed by atoms with Gasteiger partial charge in [0.15, 0.2) is 5.82 Å². The molecule has 3 saturated heterocycles. The van der Waals surface area contributed by atoms with Crippen molar-refractivity contribution >= 4 is 27.9 Å². The highest BCUT2D eigenvalue weighted by atomic mass is 16.5. The quantitative estimate of drug-likeness (QED) is 0.345. The second-order valence-corrected chi connectivity index (χ2v) is 10.8. The zero-order valence-corrected chi connectivity index (χ0v) is 23.2. The van der Waals surface area contributed by atoms with Gasteiger partial charge in [0.05, 0.1) is 48.7 Å². The van der Waals surface area contributed by atoms with Crippen molar-refractivity contribution in [2.75, 3.05) is 77.7 Å². The van der Waals surface area contributed by atoms with E-state index < -0.39 is 0 Å². The van der Waals surface area contributed by atoms with E-state index in [2.05, 4.69) is 32.9 Å². The van der Waals surface area contributed by atoms with Crippen molar-refractivity contribution < 1.29 is 14.2 Å². The fourth-order valence-electron chi connectivity index (χ4n) is 5.92. The van der Waals surface area contributed by atoms with Gasteiger partial charge in [-0.15, -0.1) is 0 Å². The molecule has 3 fully saturated rings. The number of imidazole rings is 1. The molecule has 0 spiro atoms. The molecular weight excluding hydrogens is 508 g/mol. The summed E-state index contributed by atoms with van der Waals surface area (Å²) in [7, 11) is 1.70. The predicted molar refractivity (Wildman–Crippen MR) is 152 cm³/mol. The number of morpholine rings is 2. The maximum atomic E-state index is 5.68. The number of hydrogen-bond donors (Lipinski definition) is 0. The number of hydrogen-bond acceptors (Lipinski definition) is 10. The summed E-state index contributed by atoms with van der Waals surface area (Å²) in [5.74, 6) is 2.19. The topological polar surface area (TPSA) is 93.9 Å². The molecule has 6 heterocycles. The van der Waals surface area contributed by atoms with E-state index in [0.717, 1.165) is 98.4 Å². The normalized spacial score (nSPS) is 20.3. The number of ether oxygens (including phenoxy) is 3. The highest BCUT2D eigenvalue weighted by Gasteiger charge is 2.33. The van der Waals surface area contributed by atoms with E-state index in [4.69, 9.17) is 34.1 Å². The minimum Gasteiger partial charge on any atom is -0.379 e. The van der Waals surface area contributed by atoms with Gasteiger partial charge in [-0.1, -0.05) is 12.1 Å². The first-order chi connectivity index (χ1) is 19.7. The van der Waals surface area contributed by atoms with Crippen LogP contribution in [0.15, 0.2) is 36.4 Å². The van der Waals surface area contributed by atoms with Crippen LogP contribution in [0.4, 0.5) is 5.82 Å². The molecule has 40 heavy (non-hydrogen) atoms. The standard InChI is InChI=1S/C29H36N8O3/c1-20(38-2)27-31-23-5-3-4-6-25(23)37(27)29-32-24-8-7-21(17-34-18-22(19-34)35-9-13-39-14-10-35)30-26(24)28(33-29)36-11-15-40-16-12-36/h3-8,20,22H,9-19H2,1-2H3/t20-/m0/s1. The van der Waals surface area contributed by atoms with Crippen molar-refractivity contribution in [3.63, 3.8) is 0 Å². The van der Waals surface area contributed by atoms with Gasteiger partial charge in [0, 0.05) is 59.0 Å². The monoisotopic (exact) mass is 544 g/mol. The van der Waals surface area contributed by atoms with Crippen molar-refractivity contribution in [1.82, 2.24) is 34.3 Å². The van der Waals surface area contributed by atoms with Crippen LogP contribution in [-0.4, -0.2) is 113 Å². The van der Waals surface area contributed by atoms with Crippen LogP contribution >= 0.6 is 0 Å². The first-order valence-corrected chi connectivity index (χ1v) is 14.2. The van der Waals surface area contributed by atoms with Gasteiger partial charge in [-0.3, -0.25) is 14.4 Å². The fraction of sp³-hybridized carbons (Fsp3) is 0.517. The second-order valence-electron chi connectivity index (χ2n) is 10.8. The van der Waals surface area contributed by atoms with E-state index in [-0.39, 0.29) is 6.10 Å². The van der Waals surface area contributed by atoms with E-state index in [1.165, 1.54) is 0 Å². The number of rotatable bonds is 7. The van der Waals surface area contributed by atoms with Gasteiger partial charge >= 0.3 is 0 Å².